The molecule has 1 amide bonds. The Kier molecular flexibility index (Phi) is 7.63. The first-order chi connectivity index (χ1) is 18.4. The summed E-state index contributed by atoms with van der Waals surface area (Å²) in [5.41, 5.74) is -2.74. The number of rotatable bonds is 5. The highest BCUT2D eigenvalue weighted by Gasteiger charge is 2.48. The lowest BCUT2D eigenvalue weighted by Crippen LogP contribution is -2.38. The monoisotopic (exact) mass is 596 g/mol. The number of halogens is 9. The van der Waals surface area contributed by atoms with Crippen LogP contribution in [0.3, 0.4) is 0 Å². The van der Waals surface area contributed by atoms with Gasteiger partial charge in [0.25, 0.3) is 0 Å². The fourth-order valence-corrected chi connectivity index (χ4v) is 5.39. The fourth-order valence-electron chi connectivity index (χ4n) is 4.63. The third kappa shape index (κ3) is 6.06. The predicted octanol–water partition coefficient (Wildman–Crippen LogP) is 8.57. The summed E-state index contributed by atoms with van der Waals surface area (Å²) in [5, 5.41) is 2.13. The summed E-state index contributed by atoms with van der Waals surface area (Å²) in [6.45, 7) is 6.37. The van der Waals surface area contributed by atoms with Gasteiger partial charge >= 0.3 is 24.6 Å². The van der Waals surface area contributed by atoms with E-state index in [1.165, 1.54) is 24.3 Å². The van der Waals surface area contributed by atoms with Gasteiger partial charge in [-0.25, -0.2) is 9.78 Å². The van der Waals surface area contributed by atoms with Crippen LogP contribution in [-0.2, 0) is 17.5 Å². The lowest BCUT2D eigenvalue weighted by atomic mass is 9.83. The van der Waals surface area contributed by atoms with E-state index in [0.29, 0.717) is 22.4 Å². The Morgan fingerprint density at radius 3 is 2.33 bits per heavy atom. The maximum Gasteiger partial charge on any atom is 0.416 e. The van der Waals surface area contributed by atoms with Crippen molar-refractivity contribution >= 4 is 23.0 Å². The number of ether oxygens (including phenoxy) is 1. The lowest BCUT2D eigenvalue weighted by Gasteiger charge is -2.30. The van der Waals surface area contributed by atoms with Crippen molar-refractivity contribution < 1.29 is 49.0 Å². The summed E-state index contributed by atoms with van der Waals surface area (Å²) in [6, 6.07) is 1.80. The van der Waals surface area contributed by atoms with Crippen LogP contribution < -0.4 is 0 Å². The van der Waals surface area contributed by atoms with Crippen molar-refractivity contribution in [2.75, 3.05) is 0 Å². The van der Waals surface area contributed by atoms with Crippen LogP contribution in [0.15, 0.2) is 53.5 Å². The molecule has 40 heavy (non-hydrogen) atoms. The molecular formula is C26H21F9N2O2S. The number of nitrogens with zero attached hydrogens (tertiary/aromatic N) is 2. The smallest absolute Gasteiger partial charge is 0.416 e. The first-order valence-electron chi connectivity index (χ1n) is 11.7. The number of alkyl halides is 9. The summed E-state index contributed by atoms with van der Waals surface area (Å²) in [6.07, 6.45) is -17.6. The molecule has 1 saturated heterocycles. The van der Waals surface area contributed by atoms with Crippen LogP contribution in [0.1, 0.15) is 36.4 Å². The largest absolute Gasteiger partial charge is 0.443 e. The molecule has 1 aliphatic heterocycles. The van der Waals surface area contributed by atoms with Crippen molar-refractivity contribution in [3.8, 4) is 11.3 Å². The third-order valence-electron chi connectivity index (χ3n) is 6.65. The van der Waals surface area contributed by atoms with E-state index in [4.69, 9.17) is 4.74 Å². The fraction of sp³-hybridized carbons (Fsp3) is 0.385. The zero-order chi connectivity index (χ0) is 29.8. The van der Waals surface area contributed by atoms with E-state index in [1.54, 1.807) is 12.3 Å². The molecule has 0 spiro atoms. The van der Waals surface area contributed by atoms with Crippen molar-refractivity contribution in [3.63, 3.8) is 0 Å². The van der Waals surface area contributed by atoms with Crippen molar-refractivity contribution in [2.24, 2.45) is 5.92 Å². The number of hydrogen-bond donors (Lipinski definition) is 0. The lowest BCUT2D eigenvalue weighted by molar-refractivity contribution is -0.137. The Labute approximate surface area is 226 Å². The summed E-state index contributed by atoms with van der Waals surface area (Å²) >= 11 is 1.20. The molecule has 3 atom stereocenters. The quantitative estimate of drug-likeness (QED) is 0.325. The highest BCUT2D eigenvalue weighted by Crippen LogP contribution is 2.44. The zero-order valence-corrected chi connectivity index (χ0v) is 21.7. The molecule has 0 radical (unpaired) electrons. The number of allylic oxidation sites excluding steroid dienone is 4. The van der Waals surface area contributed by atoms with Gasteiger partial charge in [0.2, 0.25) is 0 Å². The number of amides is 1. The normalized spacial score (nSPS) is 22.2. The molecule has 0 N–H and O–H groups in total. The Hall–Kier alpha value is -3.29. The highest BCUT2D eigenvalue weighted by atomic mass is 32.1. The molecule has 1 fully saturated rings. The minimum atomic E-state index is -5.08. The summed E-state index contributed by atoms with van der Waals surface area (Å²) in [7, 11) is 0. The summed E-state index contributed by atoms with van der Waals surface area (Å²) in [5.74, 6) is -1.47. The van der Waals surface area contributed by atoms with Crippen LogP contribution in [0.2, 0.25) is 0 Å². The number of thiazole rings is 1. The second-order valence-corrected chi connectivity index (χ2v) is 10.4. The minimum absolute atomic E-state index is 0.0175. The molecule has 2 aliphatic rings. The van der Waals surface area contributed by atoms with E-state index in [1.807, 2.05) is 0 Å². The second-order valence-electron chi connectivity index (χ2n) is 9.56. The zero-order valence-electron chi connectivity index (χ0n) is 20.8. The van der Waals surface area contributed by atoms with E-state index in [-0.39, 0.29) is 17.2 Å². The van der Waals surface area contributed by atoms with Gasteiger partial charge in [-0.15, -0.1) is 11.3 Å². The van der Waals surface area contributed by atoms with Gasteiger partial charge in [-0.05, 0) is 49.6 Å². The Morgan fingerprint density at radius 1 is 1.10 bits per heavy atom. The third-order valence-corrected chi connectivity index (χ3v) is 7.65. The van der Waals surface area contributed by atoms with Gasteiger partial charge in [-0.3, -0.25) is 4.90 Å². The van der Waals surface area contributed by atoms with E-state index in [9.17, 15) is 44.3 Å². The molecule has 216 valence electrons. The first kappa shape index (κ1) is 29.7. The molecule has 1 unspecified atom stereocenters. The van der Waals surface area contributed by atoms with Crippen LogP contribution >= 0.6 is 11.3 Å². The molecular weight excluding hydrogens is 575 g/mol. The molecule has 0 bridgehead atoms. The SMILES string of the molecule is C=C(C)c1nc(-c2ccc(C(F)(F)F)cc2CN2C(=O)O[C@H](C3C=C(C(F)(F)F)C=C(C(F)(F)F)C3)[C@@H]2C)cs1. The van der Waals surface area contributed by atoms with Crippen molar-refractivity contribution in [1.82, 2.24) is 9.88 Å². The first-order valence-corrected chi connectivity index (χ1v) is 12.6. The van der Waals surface area contributed by atoms with Crippen molar-refractivity contribution in [3.05, 3.63) is 69.6 Å². The average Bonchev–Trinajstić information content (AvgIpc) is 3.43. The van der Waals surface area contributed by atoms with Crippen molar-refractivity contribution in [2.45, 2.75) is 57.5 Å². The van der Waals surface area contributed by atoms with Gasteiger partial charge in [0, 0.05) is 22.4 Å². The van der Waals surface area contributed by atoms with Gasteiger partial charge in [0.1, 0.15) is 11.1 Å². The predicted molar refractivity (Wildman–Crippen MR) is 129 cm³/mol. The topological polar surface area (TPSA) is 42.4 Å². The van der Waals surface area contributed by atoms with Crippen LogP contribution in [0.4, 0.5) is 44.3 Å². The van der Waals surface area contributed by atoms with E-state index < -0.39 is 72.4 Å². The number of benzene rings is 1. The Balaban J connectivity index is 1.68. The van der Waals surface area contributed by atoms with Gasteiger partial charge in [-0.1, -0.05) is 18.7 Å². The van der Waals surface area contributed by atoms with Crippen LogP contribution in [-0.4, -0.2) is 40.5 Å². The molecule has 1 aromatic heterocycles. The second kappa shape index (κ2) is 10.3. The minimum Gasteiger partial charge on any atom is -0.443 e. The molecule has 1 aromatic carbocycles. The van der Waals surface area contributed by atoms with Crippen molar-refractivity contribution in [1.29, 1.82) is 0 Å². The van der Waals surface area contributed by atoms with Gasteiger partial charge in [0.15, 0.2) is 0 Å². The molecule has 4 nitrogen and oxygen atoms in total. The Morgan fingerprint density at radius 2 is 1.77 bits per heavy atom. The summed E-state index contributed by atoms with van der Waals surface area (Å²) < 4.78 is 126. The number of hydrogen-bond acceptors (Lipinski definition) is 4. The molecule has 14 heteroatoms. The Bertz CT molecular complexity index is 1390. The van der Waals surface area contributed by atoms with Crippen LogP contribution in [0.25, 0.3) is 16.8 Å². The van der Waals surface area contributed by atoms with Gasteiger partial charge in [-0.2, -0.15) is 39.5 Å². The standard InChI is InChI=1S/C26H21F9N2O2S/c1-12(2)22-36-20(11-40-22)19-5-4-16(24(27,28)29)8-15(19)10-37-13(3)21(39-23(37)38)14-6-17(25(30,31)32)9-18(7-14)26(33,34)35/h4-6,8-9,11,13-14,21H,1,7,10H2,2-3H3/t13-,14?,21-/m0/s1. The molecule has 0 saturated carbocycles. The van der Waals surface area contributed by atoms with Crippen LogP contribution in [0.5, 0.6) is 0 Å². The number of carbonyl (C=O) groups is 1. The molecule has 4 rings (SSSR count). The van der Waals surface area contributed by atoms with Crippen LogP contribution in [0, 0.1) is 5.92 Å². The number of carbonyl (C=O) groups excluding carboxylic acids is 1. The average molecular weight is 597 g/mol. The van der Waals surface area contributed by atoms with E-state index in [0.717, 1.165) is 17.0 Å². The molecule has 2 heterocycles. The molecule has 2 aromatic rings. The number of cyclic esters (lactones) is 1. The van der Waals surface area contributed by atoms with E-state index in [2.05, 4.69) is 11.6 Å². The molecule has 1 aliphatic carbocycles. The van der Waals surface area contributed by atoms with E-state index >= 15 is 0 Å². The maximum atomic E-state index is 13.5. The summed E-state index contributed by atoms with van der Waals surface area (Å²) in [4.78, 5) is 18.2. The highest BCUT2D eigenvalue weighted by molar-refractivity contribution is 7.11. The number of aromatic nitrogens is 1. The van der Waals surface area contributed by atoms with Gasteiger partial charge in [0.05, 0.1) is 29.4 Å². The maximum absolute atomic E-state index is 13.5. The van der Waals surface area contributed by atoms with Gasteiger partial charge < -0.3 is 4.74 Å².